The van der Waals surface area contributed by atoms with E-state index in [4.69, 9.17) is 9.47 Å². The molecule has 3 heterocycles. The zero-order valence-electron chi connectivity index (χ0n) is 13.4. The zero-order valence-corrected chi connectivity index (χ0v) is 14.2. The minimum absolute atomic E-state index is 0.0797. The predicted octanol–water partition coefficient (Wildman–Crippen LogP) is -0.309. The summed E-state index contributed by atoms with van der Waals surface area (Å²) >= 11 is 0. The van der Waals surface area contributed by atoms with Crippen LogP contribution in [-0.2, 0) is 16.4 Å². The summed E-state index contributed by atoms with van der Waals surface area (Å²) in [5.41, 5.74) is 1.18. The number of hydrogen-bond acceptors (Lipinski definition) is 7. The molecule has 0 radical (unpaired) electrons. The SMILES string of the molecule is O=S1(=O)C[C@@H](O)[C@@H](N2CCN(Cc3ccc4c(c3)OCO4)CC2)C1. The van der Waals surface area contributed by atoms with Gasteiger partial charge in [-0.25, -0.2) is 8.42 Å². The molecule has 0 bridgehead atoms. The van der Waals surface area contributed by atoms with Gasteiger partial charge in [0.25, 0.3) is 0 Å². The monoisotopic (exact) mass is 354 g/mol. The average Bonchev–Trinajstić information content (AvgIpc) is 3.11. The molecule has 132 valence electrons. The minimum Gasteiger partial charge on any atom is -0.454 e. The number of ether oxygens (including phenoxy) is 2. The Hall–Kier alpha value is -1.35. The number of benzene rings is 1. The summed E-state index contributed by atoms with van der Waals surface area (Å²) in [4.78, 5) is 4.45. The van der Waals surface area contributed by atoms with Crippen molar-refractivity contribution < 1.29 is 23.0 Å². The lowest BCUT2D eigenvalue weighted by molar-refractivity contribution is 0.0424. The highest BCUT2D eigenvalue weighted by atomic mass is 32.2. The summed E-state index contributed by atoms with van der Waals surface area (Å²) in [6.45, 7) is 4.39. The molecular formula is C16H22N2O5S. The van der Waals surface area contributed by atoms with Crippen LogP contribution in [-0.4, -0.2) is 79.9 Å². The van der Waals surface area contributed by atoms with Crippen molar-refractivity contribution in [1.29, 1.82) is 0 Å². The van der Waals surface area contributed by atoms with E-state index >= 15 is 0 Å². The molecule has 2 atom stereocenters. The topological polar surface area (TPSA) is 79.3 Å². The molecule has 0 aliphatic carbocycles. The molecular weight excluding hydrogens is 332 g/mol. The Morgan fingerprint density at radius 3 is 2.54 bits per heavy atom. The van der Waals surface area contributed by atoms with Crippen molar-refractivity contribution in [2.75, 3.05) is 44.5 Å². The normalized spacial score (nSPS) is 29.9. The molecule has 3 aliphatic rings. The average molecular weight is 354 g/mol. The van der Waals surface area contributed by atoms with Gasteiger partial charge >= 0.3 is 0 Å². The summed E-state index contributed by atoms with van der Waals surface area (Å²) in [5.74, 6) is 1.57. The number of aliphatic hydroxyl groups excluding tert-OH is 1. The molecule has 2 fully saturated rings. The summed E-state index contributed by atoms with van der Waals surface area (Å²) in [7, 11) is -3.09. The maximum atomic E-state index is 11.7. The van der Waals surface area contributed by atoms with Crippen molar-refractivity contribution in [3.8, 4) is 11.5 Å². The van der Waals surface area contributed by atoms with Crippen molar-refractivity contribution >= 4 is 9.84 Å². The van der Waals surface area contributed by atoms with Gasteiger partial charge in [0.15, 0.2) is 21.3 Å². The highest BCUT2D eigenvalue weighted by Crippen LogP contribution is 2.33. The third-order valence-corrected chi connectivity index (χ3v) is 6.71. The fraction of sp³-hybridized carbons (Fsp3) is 0.625. The Morgan fingerprint density at radius 2 is 1.83 bits per heavy atom. The van der Waals surface area contributed by atoms with Crippen LogP contribution in [0.2, 0.25) is 0 Å². The zero-order chi connectivity index (χ0) is 16.7. The van der Waals surface area contributed by atoms with Crippen molar-refractivity contribution in [2.24, 2.45) is 0 Å². The van der Waals surface area contributed by atoms with E-state index in [2.05, 4.69) is 9.80 Å². The Balaban J connectivity index is 1.33. The minimum atomic E-state index is -3.09. The molecule has 0 saturated carbocycles. The molecule has 0 amide bonds. The molecule has 0 unspecified atom stereocenters. The van der Waals surface area contributed by atoms with Crippen molar-refractivity contribution in [3.05, 3.63) is 23.8 Å². The first kappa shape index (κ1) is 16.1. The molecule has 24 heavy (non-hydrogen) atoms. The van der Waals surface area contributed by atoms with Gasteiger partial charge in [0.2, 0.25) is 6.79 Å². The van der Waals surface area contributed by atoms with E-state index in [1.165, 1.54) is 5.56 Å². The number of aliphatic hydroxyl groups is 1. The Kier molecular flexibility index (Phi) is 4.16. The van der Waals surface area contributed by atoms with Gasteiger partial charge in [-0.1, -0.05) is 6.07 Å². The van der Waals surface area contributed by atoms with E-state index in [1.54, 1.807) is 0 Å². The standard InChI is InChI=1S/C16H22N2O5S/c19-14-10-24(20,21)9-13(14)18-5-3-17(4-6-18)8-12-1-2-15-16(7-12)23-11-22-15/h1-2,7,13-14,19H,3-6,8-11H2/t13-,14+/m0/s1. The van der Waals surface area contributed by atoms with Gasteiger partial charge < -0.3 is 14.6 Å². The first-order valence-corrected chi connectivity index (χ1v) is 10.1. The van der Waals surface area contributed by atoms with Crippen LogP contribution >= 0.6 is 0 Å². The third kappa shape index (κ3) is 3.23. The Bertz CT molecular complexity index is 715. The first-order valence-electron chi connectivity index (χ1n) is 8.24. The van der Waals surface area contributed by atoms with E-state index in [0.29, 0.717) is 0 Å². The van der Waals surface area contributed by atoms with Gasteiger partial charge in [-0.3, -0.25) is 9.80 Å². The number of sulfone groups is 1. The molecule has 0 spiro atoms. The summed E-state index contributed by atoms with van der Waals surface area (Å²) in [5, 5.41) is 10.0. The molecule has 8 heteroatoms. The van der Waals surface area contributed by atoms with Gasteiger partial charge in [-0.15, -0.1) is 0 Å². The number of fused-ring (bicyclic) bond motifs is 1. The van der Waals surface area contributed by atoms with Gasteiger partial charge in [0, 0.05) is 32.7 Å². The van der Waals surface area contributed by atoms with Crippen LogP contribution in [0.4, 0.5) is 0 Å². The number of rotatable bonds is 3. The fourth-order valence-electron chi connectivity index (χ4n) is 3.71. The molecule has 7 nitrogen and oxygen atoms in total. The first-order chi connectivity index (χ1) is 11.5. The van der Waals surface area contributed by atoms with E-state index in [0.717, 1.165) is 44.2 Å². The molecule has 0 aromatic heterocycles. The van der Waals surface area contributed by atoms with Crippen molar-refractivity contribution in [2.45, 2.75) is 18.7 Å². The maximum absolute atomic E-state index is 11.7. The van der Waals surface area contributed by atoms with Crippen LogP contribution in [0.3, 0.4) is 0 Å². The molecule has 1 aromatic rings. The highest BCUT2D eigenvalue weighted by Gasteiger charge is 2.40. The quantitative estimate of drug-likeness (QED) is 0.798. The molecule has 1 aromatic carbocycles. The lowest BCUT2D eigenvalue weighted by Crippen LogP contribution is -2.53. The van der Waals surface area contributed by atoms with E-state index in [1.807, 2.05) is 18.2 Å². The van der Waals surface area contributed by atoms with Crippen LogP contribution in [0, 0.1) is 0 Å². The summed E-state index contributed by atoms with van der Waals surface area (Å²) < 4.78 is 34.1. The van der Waals surface area contributed by atoms with Crippen LogP contribution < -0.4 is 9.47 Å². The Labute approximate surface area is 141 Å². The summed E-state index contributed by atoms with van der Waals surface area (Å²) in [6.07, 6.45) is -0.754. The largest absolute Gasteiger partial charge is 0.454 e. The fourth-order valence-corrected chi connectivity index (χ4v) is 5.54. The van der Waals surface area contributed by atoms with Crippen LogP contribution in [0.1, 0.15) is 5.56 Å². The highest BCUT2D eigenvalue weighted by molar-refractivity contribution is 7.91. The molecule has 3 aliphatic heterocycles. The van der Waals surface area contributed by atoms with E-state index < -0.39 is 15.9 Å². The van der Waals surface area contributed by atoms with Gasteiger partial charge in [-0.2, -0.15) is 0 Å². The van der Waals surface area contributed by atoms with Gasteiger partial charge in [-0.05, 0) is 17.7 Å². The summed E-state index contributed by atoms with van der Waals surface area (Å²) in [6, 6.07) is 5.76. The second kappa shape index (κ2) is 6.18. The third-order valence-electron chi connectivity index (χ3n) is 5.01. The molecule has 4 rings (SSSR count). The number of hydrogen-bond donors (Lipinski definition) is 1. The second-order valence-corrected chi connectivity index (χ2v) is 8.87. The predicted molar refractivity (Wildman–Crippen MR) is 87.9 cm³/mol. The van der Waals surface area contributed by atoms with E-state index in [-0.39, 0.29) is 24.3 Å². The van der Waals surface area contributed by atoms with Crippen LogP contribution in [0.15, 0.2) is 18.2 Å². The maximum Gasteiger partial charge on any atom is 0.231 e. The van der Waals surface area contributed by atoms with Crippen molar-refractivity contribution in [1.82, 2.24) is 9.80 Å². The number of nitrogens with zero attached hydrogens (tertiary/aromatic N) is 2. The van der Waals surface area contributed by atoms with Gasteiger partial charge in [0.1, 0.15) is 0 Å². The van der Waals surface area contributed by atoms with Gasteiger partial charge in [0.05, 0.1) is 23.7 Å². The number of piperazine rings is 1. The second-order valence-electron chi connectivity index (χ2n) is 6.71. The smallest absolute Gasteiger partial charge is 0.231 e. The van der Waals surface area contributed by atoms with Crippen molar-refractivity contribution in [3.63, 3.8) is 0 Å². The lowest BCUT2D eigenvalue weighted by atomic mass is 10.1. The lowest BCUT2D eigenvalue weighted by Gasteiger charge is -2.38. The van der Waals surface area contributed by atoms with E-state index in [9.17, 15) is 13.5 Å². The molecule has 2 saturated heterocycles. The van der Waals surface area contributed by atoms with Crippen LogP contribution in [0.5, 0.6) is 11.5 Å². The molecule has 1 N–H and O–H groups in total. The van der Waals surface area contributed by atoms with Crippen LogP contribution in [0.25, 0.3) is 0 Å². The Morgan fingerprint density at radius 1 is 1.08 bits per heavy atom.